The summed E-state index contributed by atoms with van der Waals surface area (Å²) < 4.78 is 0. The molecule has 0 aromatic heterocycles. The van der Waals surface area contributed by atoms with Crippen LogP contribution in [0.25, 0.3) is 16.7 Å². The lowest BCUT2D eigenvalue weighted by molar-refractivity contribution is 0.811. The third kappa shape index (κ3) is 4.39. The van der Waals surface area contributed by atoms with Gasteiger partial charge in [0.1, 0.15) is 0 Å². The normalized spacial score (nSPS) is 15.6. The summed E-state index contributed by atoms with van der Waals surface area (Å²) in [6, 6.07) is 39.8. The lowest BCUT2D eigenvalue weighted by atomic mass is 9.84. The lowest BCUT2D eigenvalue weighted by Crippen LogP contribution is -2.00. The molecule has 4 aromatic rings. The molecular formula is C31H28. The van der Waals surface area contributed by atoms with Gasteiger partial charge in [-0.15, -0.1) is 0 Å². The fourth-order valence-corrected chi connectivity index (χ4v) is 4.82. The third-order valence-electron chi connectivity index (χ3n) is 6.42. The number of benzene rings is 4. The Morgan fingerprint density at radius 1 is 0.581 bits per heavy atom. The van der Waals surface area contributed by atoms with Gasteiger partial charge < -0.3 is 0 Å². The van der Waals surface area contributed by atoms with Crippen molar-refractivity contribution >= 4 is 5.57 Å². The molecule has 5 rings (SSSR count). The summed E-state index contributed by atoms with van der Waals surface area (Å²) in [5, 5.41) is 0. The Hall–Kier alpha value is -3.38. The van der Waals surface area contributed by atoms with Crippen molar-refractivity contribution in [2.45, 2.75) is 31.6 Å². The molecule has 0 heteroatoms. The molecule has 0 heterocycles. The van der Waals surface area contributed by atoms with Gasteiger partial charge in [-0.2, -0.15) is 0 Å². The van der Waals surface area contributed by atoms with E-state index in [1.165, 1.54) is 45.4 Å². The van der Waals surface area contributed by atoms with E-state index >= 15 is 0 Å². The molecule has 4 aromatic carbocycles. The van der Waals surface area contributed by atoms with Crippen molar-refractivity contribution in [3.8, 4) is 11.1 Å². The number of aryl methyl sites for hydroxylation is 2. The average Bonchev–Trinajstić information content (AvgIpc) is 3.34. The number of allylic oxidation sites excluding steroid dienone is 2. The smallest absolute Gasteiger partial charge is 0.00952 e. The Bertz CT molecular complexity index is 1150. The number of hydrogen-bond acceptors (Lipinski definition) is 0. The SMILES string of the molecule is C1=C(c2ccc(CCc3ccccc3)cc2-c2ccccc2)C(c2ccccc2)CC1. The molecule has 0 fully saturated rings. The van der Waals surface area contributed by atoms with Crippen LogP contribution in [0.5, 0.6) is 0 Å². The van der Waals surface area contributed by atoms with Crippen LogP contribution in [0.3, 0.4) is 0 Å². The van der Waals surface area contributed by atoms with E-state index in [0.717, 1.165) is 19.3 Å². The zero-order valence-corrected chi connectivity index (χ0v) is 17.9. The first kappa shape index (κ1) is 19.6. The second kappa shape index (κ2) is 9.18. The average molecular weight is 401 g/mol. The van der Waals surface area contributed by atoms with Gasteiger partial charge in [0, 0.05) is 5.92 Å². The molecule has 0 saturated carbocycles. The molecule has 0 radical (unpaired) electrons. The van der Waals surface area contributed by atoms with E-state index in [9.17, 15) is 0 Å². The number of rotatable bonds is 6. The van der Waals surface area contributed by atoms with Crippen molar-refractivity contribution in [1.82, 2.24) is 0 Å². The molecule has 1 aliphatic rings. The summed E-state index contributed by atoms with van der Waals surface area (Å²) in [7, 11) is 0. The summed E-state index contributed by atoms with van der Waals surface area (Å²) in [6.07, 6.45) is 6.94. The van der Waals surface area contributed by atoms with E-state index in [0.29, 0.717) is 5.92 Å². The molecular weight excluding hydrogens is 372 g/mol. The van der Waals surface area contributed by atoms with Crippen molar-refractivity contribution in [3.63, 3.8) is 0 Å². The molecule has 0 saturated heterocycles. The fraction of sp³-hybridized carbons (Fsp3) is 0.161. The van der Waals surface area contributed by atoms with Crippen LogP contribution in [-0.2, 0) is 12.8 Å². The van der Waals surface area contributed by atoms with Crippen LogP contribution in [-0.4, -0.2) is 0 Å². The molecule has 0 amide bonds. The highest BCUT2D eigenvalue weighted by Crippen LogP contribution is 2.44. The monoisotopic (exact) mass is 400 g/mol. The molecule has 0 spiro atoms. The zero-order valence-electron chi connectivity index (χ0n) is 17.9. The third-order valence-corrected chi connectivity index (χ3v) is 6.42. The fourth-order valence-electron chi connectivity index (χ4n) is 4.82. The predicted molar refractivity (Wildman–Crippen MR) is 132 cm³/mol. The van der Waals surface area contributed by atoms with E-state index in [1.807, 2.05) is 0 Å². The summed E-state index contributed by atoms with van der Waals surface area (Å²) in [4.78, 5) is 0. The second-order valence-electron chi connectivity index (χ2n) is 8.43. The largest absolute Gasteiger partial charge is 0.0800 e. The van der Waals surface area contributed by atoms with Gasteiger partial charge in [-0.1, -0.05) is 115 Å². The molecule has 0 aliphatic heterocycles. The molecule has 1 atom stereocenters. The van der Waals surface area contributed by atoms with E-state index < -0.39 is 0 Å². The quantitative estimate of drug-likeness (QED) is 0.307. The van der Waals surface area contributed by atoms with Gasteiger partial charge in [0.15, 0.2) is 0 Å². The van der Waals surface area contributed by atoms with Gasteiger partial charge in [-0.25, -0.2) is 0 Å². The highest BCUT2D eigenvalue weighted by molar-refractivity contribution is 5.85. The van der Waals surface area contributed by atoms with Gasteiger partial charge in [0.2, 0.25) is 0 Å². The van der Waals surface area contributed by atoms with Crippen molar-refractivity contribution in [2.75, 3.05) is 0 Å². The maximum atomic E-state index is 2.46. The standard InChI is InChI=1S/C31H28/c1-4-11-24(12-5-1)19-20-25-21-22-30(31(23-25)27-15-8-3-9-16-27)29-18-10-17-28(29)26-13-6-2-7-14-26/h1-9,11-16,18,21-23,28H,10,17,19-20H2. The van der Waals surface area contributed by atoms with Gasteiger partial charge in [0.25, 0.3) is 0 Å². The van der Waals surface area contributed by atoms with Crippen molar-refractivity contribution < 1.29 is 0 Å². The predicted octanol–water partition coefficient (Wildman–Crippen LogP) is 8.10. The van der Waals surface area contributed by atoms with Gasteiger partial charge in [-0.3, -0.25) is 0 Å². The Balaban J connectivity index is 1.51. The van der Waals surface area contributed by atoms with Gasteiger partial charge in [-0.05, 0) is 64.6 Å². The topological polar surface area (TPSA) is 0 Å². The first-order valence-electron chi connectivity index (χ1n) is 11.4. The van der Waals surface area contributed by atoms with Crippen LogP contribution >= 0.6 is 0 Å². The van der Waals surface area contributed by atoms with Crippen LogP contribution < -0.4 is 0 Å². The Labute approximate surface area is 185 Å². The van der Waals surface area contributed by atoms with Gasteiger partial charge >= 0.3 is 0 Å². The van der Waals surface area contributed by atoms with E-state index in [4.69, 9.17) is 0 Å². The Kier molecular flexibility index (Phi) is 5.80. The second-order valence-corrected chi connectivity index (χ2v) is 8.43. The number of hydrogen-bond donors (Lipinski definition) is 0. The molecule has 0 N–H and O–H groups in total. The van der Waals surface area contributed by atoms with Crippen LogP contribution in [0.2, 0.25) is 0 Å². The van der Waals surface area contributed by atoms with Crippen LogP contribution in [0.1, 0.15) is 41.0 Å². The summed E-state index contributed by atoms with van der Waals surface area (Å²) >= 11 is 0. The molecule has 0 bridgehead atoms. The summed E-state index contributed by atoms with van der Waals surface area (Å²) in [5.74, 6) is 0.485. The van der Waals surface area contributed by atoms with E-state index in [-0.39, 0.29) is 0 Å². The van der Waals surface area contributed by atoms with E-state index in [2.05, 4.69) is 115 Å². The maximum absolute atomic E-state index is 2.46. The molecule has 1 unspecified atom stereocenters. The van der Waals surface area contributed by atoms with Crippen LogP contribution in [0, 0.1) is 0 Å². The zero-order chi connectivity index (χ0) is 20.9. The summed E-state index contributed by atoms with van der Waals surface area (Å²) in [6.45, 7) is 0. The first-order valence-corrected chi connectivity index (χ1v) is 11.4. The van der Waals surface area contributed by atoms with Gasteiger partial charge in [0.05, 0.1) is 0 Å². The molecule has 31 heavy (non-hydrogen) atoms. The first-order chi connectivity index (χ1) is 15.4. The Morgan fingerprint density at radius 3 is 1.97 bits per heavy atom. The molecule has 0 nitrogen and oxygen atoms in total. The van der Waals surface area contributed by atoms with Crippen LogP contribution in [0.4, 0.5) is 0 Å². The molecule has 152 valence electrons. The Morgan fingerprint density at radius 2 is 1.23 bits per heavy atom. The highest BCUT2D eigenvalue weighted by Gasteiger charge is 2.24. The maximum Gasteiger partial charge on any atom is 0.00952 e. The highest BCUT2D eigenvalue weighted by atomic mass is 14.3. The minimum Gasteiger partial charge on any atom is -0.0800 e. The van der Waals surface area contributed by atoms with Crippen molar-refractivity contribution in [3.05, 3.63) is 138 Å². The minimum absolute atomic E-state index is 0.485. The summed E-state index contributed by atoms with van der Waals surface area (Å²) in [5.41, 5.74) is 9.77. The minimum atomic E-state index is 0.485. The lowest BCUT2D eigenvalue weighted by Gasteiger charge is -2.20. The molecule has 1 aliphatic carbocycles. The van der Waals surface area contributed by atoms with Crippen LogP contribution in [0.15, 0.2) is 115 Å². The van der Waals surface area contributed by atoms with E-state index in [1.54, 1.807) is 0 Å². The van der Waals surface area contributed by atoms with Crippen molar-refractivity contribution in [2.24, 2.45) is 0 Å². The van der Waals surface area contributed by atoms with Crippen molar-refractivity contribution in [1.29, 1.82) is 0 Å².